The Morgan fingerprint density at radius 3 is 2.76 bits per heavy atom. The molecule has 1 saturated heterocycles. The number of benzene rings is 1. The standard InChI is InChI=1S/C15H17BrFNO3/c1-15(14(20)21)6-7-18(9-15)13(19)5-3-10-2-4-11(16)8-12(10)17/h2,4,8H,3,5-7,9H2,1H3,(H,20,21)/t15-/m1/s1. The molecule has 0 unspecified atom stereocenters. The van der Waals surface area contributed by atoms with Gasteiger partial charge in [0.15, 0.2) is 0 Å². The minimum atomic E-state index is -0.878. The number of rotatable bonds is 4. The van der Waals surface area contributed by atoms with Crippen molar-refractivity contribution >= 4 is 27.8 Å². The Bertz CT molecular complexity index is 578. The fourth-order valence-corrected chi connectivity index (χ4v) is 2.81. The van der Waals surface area contributed by atoms with Crippen molar-refractivity contribution < 1.29 is 19.1 Å². The predicted octanol–water partition coefficient (Wildman–Crippen LogP) is 2.84. The number of carboxylic acid groups (broad SMARTS) is 1. The summed E-state index contributed by atoms with van der Waals surface area (Å²) in [5.41, 5.74) is -0.370. The van der Waals surface area contributed by atoms with Gasteiger partial charge in [-0.05, 0) is 37.5 Å². The van der Waals surface area contributed by atoms with Gasteiger partial charge in [-0.15, -0.1) is 0 Å². The zero-order chi connectivity index (χ0) is 15.6. The molecule has 0 radical (unpaired) electrons. The van der Waals surface area contributed by atoms with Crippen LogP contribution in [0.15, 0.2) is 22.7 Å². The van der Waals surface area contributed by atoms with Crippen molar-refractivity contribution in [1.29, 1.82) is 0 Å². The first-order chi connectivity index (χ1) is 9.82. The zero-order valence-electron chi connectivity index (χ0n) is 11.7. The van der Waals surface area contributed by atoms with Crippen LogP contribution in [0.3, 0.4) is 0 Å². The molecule has 1 N–H and O–H groups in total. The number of likely N-dealkylation sites (tertiary alicyclic amines) is 1. The van der Waals surface area contributed by atoms with Crippen molar-refractivity contribution in [2.45, 2.75) is 26.2 Å². The Labute approximate surface area is 131 Å². The van der Waals surface area contributed by atoms with Crippen molar-refractivity contribution in [1.82, 2.24) is 4.90 Å². The van der Waals surface area contributed by atoms with Crippen molar-refractivity contribution in [3.8, 4) is 0 Å². The molecule has 1 aromatic rings. The first-order valence-corrected chi connectivity index (χ1v) is 7.56. The number of hydrogen-bond donors (Lipinski definition) is 1. The summed E-state index contributed by atoms with van der Waals surface area (Å²) < 4.78 is 14.3. The lowest BCUT2D eigenvalue weighted by atomic mass is 9.90. The van der Waals surface area contributed by atoms with Gasteiger partial charge >= 0.3 is 5.97 Å². The molecule has 1 amide bonds. The Hall–Kier alpha value is -1.43. The van der Waals surface area contributed by atoms with Gasteiger partial charge in [0, 0.05) is 24.0 Å². The third kappa shape index (κ3) is 3.61. The van der Waals surface area contributed by atoms with E-state index in [1.807, 2.05) is 0 Å². The minimum absolute atomic E-state index is 0.123. The van der Waals surface area contributed by atoms with Crippen LogP contribution in [-0.2, 0) is 16.0 Å². The van der Waals surface area contributed by atoms with Gasteiger partial charge in [-0.1, -0.05) is 22.0 Å². The number of carboxylic acids is 1. The summed E-state index contributed by atoms with van der Waals surface area (Å²) >= 11 is 3.19. The molecule has 2 rings (SSSR count). The number of aryl methyl sites for hydroxylation is 1. The van der Waals surface area contributed by atoms with Gasteiger partial charge in [-0.2, -0.15) is 0 Å². The molecular weight excluding hydrogens is 341 g/mol. The maximum atomic E-state index is 13.7. The highest BCUT2D eigenvalue weighted by Crippen LogP contribution is 2.30. The Morgan fingerprint density at radius 1 is 1.48 bits per heavy atom. The van der Waals surface area contributed by atoms with E-state index < -0.39 is 11.4 Å². The van der Waals surface area contributed by atoms with Gasteiger partial charge in [0.25, 0.3) is 0 Å². The first kappa shape index (κ1) is 15.9. The molecule has 4 nitrogen and oxygen atoms in total. The number of aliphatic carboxylic acids is 1. The van der Waals surface area contributed by atoms with Gasteiger partial charge in [0.05, 0.1) is 5.41 Å². The zero-order valence-corrected chi connectivity index (χ0v) is 13.3. The lowest BCUT2D eigenvalue weighted by Gasteiger charge is -2.20. The highest BCUT2D eigenvalue weighted by Gasteiger charge is 2.41. The molecule has 0 aliphatic carbocycles. The summed E-state index contributed by atoms with van der Waals surface area (Å²) in [4.78, 5) is 24.8. The van der Waals surface area contributed by atoms with E-state index in [1.54, 1.807) is 24.0 Å². The van der Waals surface area contributed by atoms with Crippen LogP contribution in [0.25, 0.3) is 0 Å². The van der Waals surface area contributed by atoms with Crippen LogP contribution in [0.2, 0.25) is 0 Å². The molecule has 1 fully saturated rings. The second kappa shape index (κ2) is 6.13. The third-order valence-corrected chi connectivity index (χ3v) is 4.46. The molecule has 1 aliphatic rings. The fourth-order valence-electron chi connectivity index (χ4n) is 2.47. The first-order valence-electron chi connectivity index (χ1n) is 6.77. The molecule has 0 bridgehead atoms. The number of carbonyl (C=O) groups is 2. The smallest absolute Gasteiger partial charge is 0.311 e. The molecule has 1 heterocycles. The van der Waals surface area contributed by atoms with E-state index in [9.17, 15) is 14.0 Å². The van der Waals surface area contributed by atoms with Crippen LogP contribution in [0.5, 0.6) is 0 Å². The van der Waals surface area contributed by atoms with E-state index in [2.05, 4.69) is 15.9 Å². The van der Waals surface area contributed by atoms with Crippen molar-refractivity contribution in [2.75, 3.05) is 13.1 Å². The second-order valence-corrected chi connectivity index (χ2v) is 6.58. The maximum Gasteiger partial charge on any atom is 0.311 e. The Balaban J connectivity index is 1.93. The van der Waals surface area contributed by atoms with E-state index in [4.69, 9.17) is 5.11 Å². The topological polar surface area (TPSA) is 57.6 Å². The molecule has 0 aromatic heterocycles. The van der Waals surface area contributed by atoms with E-state index in [0.29, 0.717) is 29.4 Å². The second-order valence-electron chi connectivity index (χ2n) is 5.67. The lowest BCUT2D eigenvalue weighted by molar-refractivity contribution is -0.147. The number of hydrogen-bond acceptors (Lipinski definition) is 2. The number of carbonyl (C=O) groups excluding carboxylic acids is 1. The van der Waals surface area contributed by atoms with Crippen molar-refractivity contribution in [3.05, 3.63) is 34.1 Å². The van der Waals surface area contributed by atoms with Crippen LogP contribution in [0, 0.1) is 11.2 Å². The highest BCUT2D eigenvalue weighted by atomic mass is 79.9. The summed E-state index contributed by atoms with van der Waals surface area (Å²) in [6.45, 7) is 2.32. The van der Waals surface area contributed by atoms with Gasteiger partial charge in [-0.25, -0.2) is 4.39 Å². The van der Waals surface area contributed by atoms with Gasteiger partial charge in [-0.3, -0.25) is 9.59 Å². The average molecular weight is 358 g/mol. The van der Waals surface area contributed by atoms with Gasteiger partial charge < -0.3 is 10.0 Å². The lowest BCUT2D eigenvalue weighted by Crippen LogP contribution is -2.35. The molecule has 1 atom stereocenters. The Kier molecular flexibility index (Phi) is 4.66. The molecule has 114 valence electrons. The van der Waals surface area contributed by atoms with Gasteiger partial charge in [0.2, 0.25) is 5.91 Å². The predicted molar refractivity (Wildman–Crippen MR) is 79.4 cm³/mol. The largest absolute Gasteiger partial charge is 0.481 e. The number of halogens is 2. The molecule has 21 heavy (non-hydrogen) atoms. The van der Waals surface area contributed by atoms with E-state index >= 15 is 0 Å². The van der Waals surface area contributed by atoms with Crippen LogP contribution in [-0.4, -0.2) is 35.0 Å². The summed E-state index contributed by atoms with van der Waals surface area (Å²) in [7, 11) is 0. The minimum Gasteiger partial charge on any atom is -0.481 e. The summed E-state index contributed by atoms with van der Waals surface area (Å²) in [6.07, 6.45) is 0.965. The quantitative estimate of drug-likeness (QED) is 0.901. The van der Waals surface area contributed by atoms with Crippen LogP contribution >= 0.6 is 15.9 Å². The number of amides is 1. The maximum absolute atomic E-state index is 13.7. The molecule has 6 heteroatoms. The Morgan fingerprint density at radius 2 is 2.19 bits per heavy atom. The third-order valence-electron chi connectivity index (χ3n) is 3.97. The highest BCUT2D eigenvalue weighted by molar-refractivity contribution is 9.10. The van der Waals surface area contributed by atoms with Crippen molar-refractivity contribution in [2.24, 2.45) is 5.41 Å². The normalized spacial score (nSPS) is 21.6. The number of nitrogens with zero attached hydrogens (tertiary/aromatic N) is 1. The molecule has 0 spiro atoms. The van der Waals surface area contributed by atoms with Crippen LogP contribution < -0.4 is 0 Å². The molecule has 0 saturated carbocycles. The average Bonchev–Trinajstić information content (AvgIpc) is 2.82. The van der Waals surface area contributed by atoms with Gasteiger partial charge in [0.1, 0.15) is 5.82 Å². The van der Waals surface area contributed by atoms with Crippen LogP contribution in [0.4, 0.5) is 4.39 Å². The summed E-state index contributed by atoms with van der Waals surface area (Å²) in [5, 5.41) is 9.15. The SMILES string of the molecule is C[C@@]1(C(=O)O)CCN(C(=O)CCc2ccc(Br)cc2F)C1. The van der Waals surface area contributed by atoms with E-state index in [0.717, 1.165) is 0 Å². The molecule has 1 aromatic carbocycles. The monoisotopic (exact) mass is 357 g/mol. The molecular formula is C15H17BrFNO3. The van der Waals surface area contributed by atoms with Crippen molar-refractivity contribution in [3.63, 3.8) is 0 Å². The van der Waals surface area contributed by atoms with E-state index in [1.165, 1.54) is 6.07 Å². The van der Waals surface area contributed by atoms with E-state index in [-0.39, 0.29) is 24.7 Å². The fraction of sp³-hybridized carbons (Fsp3) is 0.467. The summed E-state index contributed by atoms with van der Waals surface area (Å²) in [6, 6.07) is 4.76. The molecule has 1 aliphatic heterocycles. The summed E-state index contributed by atoms with van der Waals surface area (Å²) in [5.74, 6) is -1.34. The van der Waals surface area contributed by atoms with Crippen LogP contribution in [0.1, 0.15) is 25.3 Å².